The summed E-state index contributed by atoms with van der Waals surface area (Å²) in [6, 6.07) is 1.67. The van der Waals surface area contributed by atoms with Crippen LogP contribution in [-0.2, 0) is 10.0 Å². The molecule has 1 aliphatic heterocycles. The molecule has 162 valence electrons. The lowest BCUT2D eigenvalue weighted by Gasteiger charge is -2.36. The molecule has 1 saturated carbocycles. The molecule has 0 radical (unpaired) electrons. The summed E-state index contributed by atoms with van der Waals surface area (Å²) in [5.41, 5.74) is 0.365. The van der Waals surface area contributed by atoms with Gasteiger partial charge in [-0.25, -0.2) is 17.7 Å². The standard InChI is InChI=1S/C20H26ClN5O3S/c1-3-13-12-25(30(2,28)29)9-8-17(13)23-20-22-11-14-10-16(21)19(27)26(18(14)24-20)15-6-4-5-7-15/h3,10-11,13,15,17H,1,4-9,12H2,2H3,(H,22,23,24)/t13-,17+/m0/s1. The van der Waals surface area contributed by atoms with Crippen LogP contribution < -0.4 is 10.9 Å². The number of pyridine rings is 1. The summed E-state index contributed by atoms with van der Waals surface area (Å²) in [5, 5.41) is 4.24. The zero-order chi connectivity index (χ0) is 21.5. The van der Waals surface area contributed by atoms with E-state index in [1.54, 1.807) is 22.9 Å². The normalized spacial score (nSPS) is 23.7. The molecule has 2 aromatic heterocycles. The first-order valence-corrected chi connectivity index (χ1v) is 12.4. The van der Waals surface area contributed by atoms with Crippen molar-refractivity contribution in [2.75, 3.05) is 24.7 Å². The Hall–Kier alpha value is -1.97. The lowest BCUT2D eigenvalue weighted by Crippen LogP contribution is -2.47. The van der Waals surface area contributed by atoms with Gasteiger partial charge in [-0.3, -0.25) is 9.36 Å². The maximum absolute atomic E-state index is 12.8. The number of hydrogen-bond donors (Lipinski definition) is 1. The van der Waals surface area contributed by atoms with Crippen molar-refractivity contribution in [3.63, 3.8) is 0 Å². The molecule has 0 spiro atoms. The molecule has 4 rings (SSSR count). The highest BCUT2D eigenvalue weighted by atomic mass is 35.5. The number of aromatic nitrogens is 3. The van der Waals surface area contributed by atoms with E-state index >= 15 is 0 Å². The van der Waals surface area contributed by atoms with Crippen molar-refractivity contribution in [2.24, 2.45) is 5.92 Å². The van der Waals surface area contributed by atoms with Crippen molar-refractivity contribution >= 4 is 38.6 Å². The number of hydrogen-bond acceptors (Lipinski definition) is 6. The van der Waals surface area contributed by atoms with Gasteiger partial charge in [-0.05, 0) is 25.3 Å². The molecule has 2 aromatic rings. The molecule has 1 aliphatic carbocycles. The van der Waals surface area contributed by atoms with E-state index < -0.39 is 10.0 Å². The fourth-order valence-corrected chi connectivity index (χ4v) is 5.58. The van der Waals surface area contributed by atoms with Gasteiger partial charge in [0.1, 0.15) is 10.7 Å². The van der Waals surface area contributed by atoms with E-state index in [9.17, 15) is 13.2 Å². The number of anilines is 1. The third-order valence-corrected chi connectivity index (χ3v) is 7.67. The summed E-state index contributed by atoms with van der Waals surface area (Å²) >= 11 is 6.19. The molecular formula is C20H26ClN5O3S. The Morgan fingerprint density at radius 1 is 1.30 bits per heavy atom. The lowest BCUT2D eigenvalue weighted by molar-refractivity contribution is 0.282. The van der Waals surface area contributed by atoms with Crippen LogP contribution >= 0.6 is 11.6 Å². The number of fused-ring (bicyclic) bond motifs is 1. The van der Waals surface area contributed by atoms with Crippen LogP contribution in [0.5, 0.6) is 0 Å². The Morgan fingerprint density at radius 2 is 2.03 bits per heavy atom. The van der Waals surface area contributed by atoms with Gasteiger partial charge in [0.2, 0.25) is 16.0 Å². The summed E-state index contributed by atoms with van der Waals surface area (Å²) in [5.74, 6) is 0.343. The molecule has 2 fully saturated rings. The lowest BCUT2D eigenvalue weighted by atomic mass is 9.93. The zero-order valence-electron chi connectivity index (χ0n) is 16.9. The van der Waals surface area contributed by atoms with Crippen LogP contribution in [0.2, 0.25) is 5.02 Å². The van der Waals surface area contributed by atoms with E-state index in [0.717, 1.165) is 31.1 Å². The van der Waals surface area contributed by atoms with E-state index in [2.05, 4.69) is 21.9 Å². The average Bonchev–Trinajstić information content (AvgIpc) is 3.23. The van der Waals surface area contributed by atoms with Gasteiger partial charge in [-0.15, -0.1) is 6.58 Å². The van der Waals surface area contributed by atoms with Gasteiger partial charge in [0.25, 0.3) is 5.56 Å². The quantitative estimate of drug-likeness (QED) is 0.702. The minimum atomic E-state index is -3.24. The Balaban J connectivity index is 1.65. The number of nitrogens with zero attached hydrogens (tertiary/aromatic N) is 4. The van der Waals surface area contributed by atoms with Crippen LogP contribution in [0.3, 0.4) is 0 Å². The summed E-state index contributed by atoms with van der Waals surface area (Å²) < 4.78 is 27.0. The molecule has 0 bridgehead atoms. The second-order valence-corrected chi connectivity index (χ2v) is 10.5. The summed E-state index contributed by atoms with van der Waals surface area (Å²) in [4.78, 5) is 21.9. The molecule has 0 amide bonds. The van der Waals surface area contributed by atoms with Crippen LogP contribution in [0.25, 0.3) is 11.0 Å². The van der Waals surface area contributed by atoms with Crippen LogP contribution in [0.4, 0.5) is 5.95 Å². The fourth-order valence-electron chi connectivity index (χ4n) is 4.49. The highest BCUT2D eigenvalue weighted by Gasteiger charge is 2.32. The molecule has 10 heteroatoms. The topological polar surface area (TPSA) is 97.2 Å². The molecule has 1 N–H and O–H groups in total. The van der Waals surface area contributed by atoms with Gasteiger partial charge in [-0.1, -0.05) is 30.5 Å². The molecule has 30 heavy (non-hydrogen) atoms. The van der Waals surface area contributed by atoms with Crippen LogP contribution in [-0.4, -0.2) is 52.6 Å². The Morgan fingerprint density at radius 3 is 2.70 bits per heavy atom. The molecule has 2 atom stereocenters. The molecule has 3 heterocycles. The van der Waals surface area contributed by atoms with Gasteiger partial charge in [0.05, 0.1) is 6.26 Å². The third kappa shape index (κ3) is 4.10. The maximum atomic E-state index is 12.8. The van der Waals surface area contributed by atoms with Crippen LogP contribution in [0.15, 0.2) is 29.7 Å². The number of halogens is 1. The van der Waals surface area contributed by atoms with E-state index in [1.165, 1.54) is 10.6 Å². The Bertz CT molecular complexity index is 1130. The van der Waals surface area contributed by atoms with Gasteiger partial charge in [0.15, 0.2) is 0 Å². The smallest absolute Gasteiger partial charge is 0.271 e. The second-order valence-electron chi connectivity index (χ2n) is 8.14. The summed E-state index contributed by atoms with van der Waals surface area (Å²) in [6.07, 6.45) is 9.32. The maximum Gasteiger partial charge on any atom is 0.271 e. The first-order valence-electron chi connectivity index (χ1n) is 10.2. The van der Waals surface area contributed by atoms with E-state index in [0.29, 0.717) is 31.1 Å². The van der Waals surface area contributed by atoms with E-state index in [-0.39, 0.29) is 28.6 Å². The number of rotatable bonds is 5. The Labute approximate surface area is 181 Å². The number of piperidine rings is 1. The fraction of sp³-hybridized carbons (Fsp3) is 0.550. The molecule has 8 nitrogen and oxygen atoms in total. The minimum absolute atomic E-state index is 0.0445. The first kappa shape index (κ1) is 21.3. The summed E-state index contributed by atoms with van der Waals surface area (Å²) in [7, 11) is -3.24. The zero-order valence-corrected chi connectivity index (χ0v) is 18.5. The van der Waals surface area contributed by atoms with Crippen molar-refractivity contribution in [3.05, 3.63) is 40.3 Å². The second kappa shape index (κ2) is 8.28. The molecule has 2 aliphatic rings. The number of sulfonamides is 1. The highest BCUT2D eigenvalue weighted by molar-refractivity contribution is 7.88. The monoisotopic (exact) mass is 451 g/mol. The molecular weight excluding hydrogens is 426 g/mol. The highest BCUT2D eigenvalue weighted by Crippen LogP contribution is 2.31. The predicted octanol–water partition coefficient (Wildman–Crippen LogP) is 2.81. The average molecular weight is 452 g/mol. The minimum Gasteiger partial charge on any atom is -0.351 e. The molecule has 0 unspecified atom stereocenters. The van der Waals surface area contributed by atoms with E-state index in [4.69, 9.17) is 11.6 Å². The number of nitrogens with one attached hydrogen (secondary N) is 1. The van der Waals surface area contributed by atoms with Crippen molar-refractivity contribution in [2.45, 2.75) is 44.2 Å². The van der Waals surface area contributed by atoms with Crippen molar-refractivity contribution in [1.29, 1.82) is 0 Å². The Kier molecular flexibility index (Phi) is 5.87. The van der Waals surface area contributed by atoms with E-state index in [1.807, 2.05) is 0 Å². The van der Waals surface area contributed by atoms with Crippen LogP contribution in [0, 0.1) is 5.92 Å². The van der Waals surface area contributed by atoms with Crippen molar-refractivity contribution < 1.29 is 8.42 Å². The van der Waals surface area contributed by atoms with Gasteiger partial charge in [0, 0.05) is 42.7 Å². The SMILES string of the molecule is C=C[C@H]1CN(S(C)(=O)=O)CC[C@H]1Nc1ncc2cc(Cl)c(=O)n(C3CCCC3)c2n1. The van der Waals surface area contributed by atoms with Gasteiger partial charge >= 0.3 is 0 Å². The van der Waals surface area contributed by atoms with Gasteiger partial charge in [-0.2, -0.15) is 4.98 Å². The largest absolute Gasteiger partial charge is 0.351 e. The van der Waals surface area contributed by atoms with Crippen molar-refractivity contribution in [3.8, 4) is 0 Å². The first-order chi connectivity index (χ1) is 14.3. The predicted molar refractivity (Wildman–Crippen MR) is 118 cm³/mol. The summed E-state index contributed by atoms with van der Waals surface area (Å²) in [6.45, 7) is 4.67. The van der Waals surface area contributed by atoms with Crippen molar-refractivity contribution in [1.82, 2.24) is 18.8 Å². The molecule has 0 aromatic carbocycles. The third-order valence-electron chi connectivity index (χ3n) is 6.13. The molecule has 1 saturated heterocycles. The van der Waals surface area contributed by atoms with Crippen LogP contribution in [0.1, 0.15) is 38.1 Å². The van der Waals surface area contributed by atoms with Gasteiger partial charge < -0.3 is 5.32 Å².